The molecule has 4 rings (SSSR count). The van der Waals surface area contributed by atoms with Crippen LogP contribution in [-0.2, 0) is 44.6 Å². The van der Waals surface area contributed by atoms with Crippen molar-refractivity contribution in [3.8, 4) is 6.07 Å². The van der Waals surface area contributed by atoms with Crippen LogP contribution in [0.25, 0.3) is 0 Å². The Morgan fingerprint density at radius 3 is 2.33 bits per heavy atom. The third-order valence-corrected chi connectivity index (χ3v) is 6.25. The Balaban J connectivity index is 1.64. The number of esters is 1. The molecule has 0 radical (unpaired) electrons. The smallest absolute Gasteiger partial charge is 0.338 e. The Morgan fingerprint density at radius 2 is 1.72 bits per heavy atom. The highest BCUT2D eigenvalue weighted by molar-refractivity contribution is 7.86. The fourth-order valence-corrected chi connectivity index (χ4v) is 4.89. The summed E-state index contributed by atoms with van der Waals surface area (Å²) < 4.78 is 59.0. The van der Waals surface area contributed by atoms with Crippen LogP contribution in [0.5, 0.6) is 0 Å². The standard InChI is InChI=1S/C25H27NO9S/c1-24(2)33-20-19(30-14-17-10-6-4-7-11-17)21(32-23(20)34-24)25(15-26,35-36(3,28)29)16-31-22(27)18-12-8-5-9-13-18/h4-13,19-21,23H,14,16H2,1-3H3/t19-,20-,21+,23-,25?/m1/s1. The van der Waals surface area contributed by atoms with Crippen molar-refractivity contribution in [2.75, 3.05) is 12.9 Å². The van der Waals surface area contributed by atoms with E-state index in [2.05, 4.69) is 0 Å². The maximum Gasteiger partial charge on any atom is 0.338 e. The number of carbonyl (C=O) groups is 1. The van der Waals surface area contributed by atoms with Gasteiger partial charge in [-0.3, -0.25) is 0 Å². The lowest BCUT2D eigenvalue weighted by molar-refractivity contribution is -0.237. The first-order valence-electron chi connectivity index (χ1n) is 11.2. The molecule has 0 bridgehead atoms. The molecule has 2 aliphatic heterocycles. The van der Waals surface area contributed by atoms with Crippen molar-refractivity contribution in [3.63, 3.8) is 0 Å². The summed E-state index contributed by atoms with van der Waals surface area (Å²) in [6.45, 7) is 2.76. The lowest BCUT2D eigenvalue weighted by Crippen LogP contribution is -2.55. The fraction of sp³-hybridized carbons (Fsp3) is 0.440. The van der Waals surface area contributed by atoms with Gasteiger partial charge in [-0.1, -0.05) is 48.5 Å². The molecular formula is C25H27NO9S. The van der Waals surface area contributed by atoms with E-state index in [0.29, 0.717) is 0 Å². The average Bonchev–Trinajstić information content (AvgIpc) is 3.32. The van der Waals surface area contributed by atoms with Crippen LogP contribution in [0.15, 0.2) is 60.7 Å². The van der Waals surface area contributed by atoms with Crippen molar-refractivity contribution in [3.05, 3.63) is 71.8 Å². The third-order valence-electron chi connectivity index (χ3n) is 5.65. The molecule has 0 aliphatic carbocycles. The summed E-state index contributed by atoms with van der Waals surface area (Å²) in [6, 6.07) is 19.2. The number of rotatable bonds is 9. The minimum absolute atomic E-state index is 0.114. The van der Waals surface area contributed by atoms with E-state index in [-0.39, 0.29) is 12.2 Å². The summed E-state index contributed by atoms with van der Waals surface area (Å²) in [6.07, 6.45) is -3.30. The zero-order chi connectivity index (χ0) is 26.0. The minimum Gasteiger partial charge on any atom is -0.458 e. The Hall–Kier alpha value is -2.85. The number of fused-ring (bicyclic) bond motifs is 1. The highest BCUT2D eigenvalue weighted by Crippen LogP contribution is 2.43. The number of ether oxygens (including phenoxy) is 5. The van der Waals surface area contributed by atoms with Gasteiger partial charge in [-0.25, -0.2) is 8.98 Å². The van der Waals surface area contributed by atoms with Gasteiger partial charge in [0, 0.05) is 0 Å². The Labute approximate surface area is 209 Å². The number of benzene rings is 2. The summed E-state index contributed by atoms with van der Waals surface area (Å²) in [5.74, 6) is -1.76. The quantitative estimate of drug-likeness (QED) is 0.361. The molecule has 2 aromatic carbocycles. The number of hydrogen-bond donors (Lipinski definition) is 0. The fourth-order valence-electron chi connectivity index (χ4n) is 4.17. The van der Waals surface area contributed by atoms with Gasteiger partial charge in [0.25, 0.3) is 10.1 Å². The van der Waals surface area contributed by atoms with E-state index in [4.69, 9.17) is 27.9 Å². The molecule has 2 fully saturated rings. The first-order valence-corrected chi connectivity index (χ1v) is 13.0. The molecule has 11 heteroatoms. The molecule has 0 aromatic heterocycles. The normalized spacial score (nSPS) is 26.5. The third kappa shape index (κ3) is 5.92. The minimum atomic E-state index is -4.21. The van der Waals surface area contributed by atoms with E-state index < -0.39 is 58.7 Å². The maximum absolute atomic E-state index is 12.6. The number of nitrogens with zero attached hydrogens (tertiary/aromatic N) is 1. The largest absolute Gasteiger partial charge is 0.458 e. The molecular weight excluding hydrogens is 490 g/mol. The monoisotopic (exact) mass is 517 g/mol. The molecule has 5 atom stereocenters. The number of carbonyl (C=O) groups excluding carboxylic acids is 1. The molecule has 2 aliphatic rings. The van der Waals surface area contributed by atoms with Gasteiger partial charge in [0.2, 0.25) is 5.60 Å². The molecule has 0 N–H and O–H groups in total. The van der Waals surface area contributed by atoms with E-state index in [9.17, 15) is 18.5 Å². The molecule has 2 saturated heterocycles. The molecule has 36 heavy (non-hydrogen) atoms. The zero-order valence-electron chi connectivity index (χ0n) is 20.0. The van der Waals surface area contributed by atoms with Crippen LogP contribution in [0.3, 0.4) is 0 Å². The van der Waals surface area contributed by atoms with Crippen molar-refractivity contribution in [1.29, 1.82) is 5.26 Å². The summed E-state index contributed by atoms with van der Waals surface area (Å²) >= 11 is 0. The van der Waals surface area contributed by atoms with Gasteiger partial charge < -0.3 is 23.7 Å². The van der Waals surface area contributed by atoms with Gasteiger partial charge >= 0.3 is 5.97 Å². The van der Waals surface area contributed by atoms with E-state index in [1.807, 2.05) is 36.4 Å². The van der Waals surface area contributed by atoms with E-state index >= 15 is 0 Å². The SMILES string of the molecule is CC1(C)O[C@H]2O[C@H](C(C#N)(COC(=O)c3ccccc3)OS(C)(=O)=O)[C@H](OCc3ccccc3)[C@H]2O1. The van der Waals surface area contributed by atoms with Crippen molar-refractivity contribution in [1.82, 2.24) is 0 Å². The number of nitriles is 1. The maximum atomic E-state index is 12.6. The molecule has 192 valence electrons. The molecule has 1 unspecified atom stereocenters. The van der Waals surface area contributed by atoms with Crippen molar-refractivity contribution in [2.24, 2.45) is 0 Å². The highest BCUT2D eigenvalue weighted by atomic mass is 32.2. The first-order chi connectivity index (χ1) is 17.0. The molecule has 0 spiro atoms. The van der Waals surface area contributed by atoms with Crippen LogP contribution in [-0.4, -0.2) is 63.2 Å². The Morgan fingerprint density at radius 1 is 1.08 bits per heavy atom. The van der Waals surface area contributed by atoms with Gasteiger partial charge in [0.1, 0.15) is 31.0 Å². The van der Waals surface area contributed by atoms with E-state index in [1.54, 1.807) is 32.0 Å². The zero-order valence-corrected chi connectivity index (χ0v) is 20.8. The second-order valence-corrected chi connectivity index (χ2v) is 10.6. The summed E-state index contributed by atoms with van der Waals surface area (Å²) in [4.78, 5) is 12.6. The molecule has 0 saturated carbocycles. The predicted octanol–water partition coefficient (Wildman–Crippen LogP) is 2.54. The van der Waals surface area contributed by atoms with Gasteiger partial charge in [-0.15, -0.1) is 0 Å². The van der Waals surface area contributed by atoms with Crippen LogP contribution >= 0.6 is 0 Å². The average molecular weight is 518 g/mol. The van der Waals surface area contributed by atoms with Crippen molar-refractivity contribution < 1.29 is 41.1 Å². The van der Waals surface area contributed by atoms with Crippen molar-refractivity contribution in [2.45, 2.75) is 56.4 Å². The van der Waals surface area contributed by atoms with Gasteiger partial charge in [0.05, 0.1) is 18.4 Å². The Kier molecular flexibility index (Phi) is 7.47. The summed E-state index contributed by atoms with van der Waals surface area (Å²) in [7, 11) is -4.21. The predicted molar refractivity (Wildman–Crippen MR) is 125 cm³/mol. The highest BCUT2D eigenvalue weighted by Gasteiger charge is 2.63. The summed E-state index contributed by atoms with van der Waals surface area (Å²) in [5, 5.41) is 10.2. The molecule has 2 heterocycles. The second kappa shape index (κ2) is 10.3. The van der Waals surface area contributed by atoms with Crippen LogP contribution in [0, 0.1) is 11.3 Å². The van der Waals surface area contributed by atoms with Crippen LogP contribution in [0.2, 0.25) is 0 Å². The van der Waals surface area contributed by atoms with Gasteiger partial charge in [-0.2, -0.15) is 13.7 Å². The molecule has 0 amide bonds. The second-order valence-electron chi connectivity index (χ2n) is 9.02. The van der Waals surface area contributed by atoms with Gasteiger partial charge in [-0.05, 0) is 31.5 Å². The van der Waals surface area contributed by atoms with Crippen LogP contribution in [0.1, 0.15) is 29.8 Å². The Bertz CT molecular complexity index is 1210. The van der Waals surface area contributed by atoms with Gasteiger partial charge in [0.15, 0.2) is 12.1 Å². The topological polar surface area (TPSA) is 130 Å². The lowest BCUT2D eigenvalue weighted by Gasteiger charge is -2.35. The molecule has 10 nitrogen and oxygen atoms in total. The summed E-state index contributed by atoms with van der Waals surface area (Å²) in [5.41, 5.74) is -1.22. The van der Waals surface area contributed by atoms with Crippen LogP contribution < -0.4 is 0 Å². The van der Waals surface area contributed by atoms with E-state index in [1.165, 1.54) is 12.1 Å². The lowest BCUT2D eigenvalue weighted by atomic mass is 9.93. The van der Waals surface area contributed by atoms with E-state index in [0.717, 1.165) is 11.8 Å². The number of hydrogen-bond acceptors (Lipinski definition) is 10. The first kappa shape index (κ1) is 26.2. The van der Waals surface area contributed by atoms with Crippen molar-refractivity contribution >= 4 is 16.1 Å². The molecule has 2 aromatic rings. The van der Waals surface area contributed by atoms with Crippen LogP contribution in [0.4, 0.5) is 0 Å².